The van der Waals surface area contributed by atoms with Gasteiger partial charge in [-0.15, -0.1) is 0 Å². The molecule has 2 fully saturated rings. The highest BCUT2D eigenvalue weighted by molar-refractivity contribution is 5.09. The highest BCUT2D eigenvalue weighted by Gasteiger charge is 2.57. The molecule has 2 aliphatic rings. The third-order valence-electron chi connectivity index (χ3n) is 7.03. The quantitative estimate of drug-likeness (QED) is 0.739. The Bertz CT molecular complexity index is 421. The molecule has 2 heteroatoms. The molecule has 0 heterocycles. The first-order chi connectivity index (χ1) is 10.1. The van der Waals surface area contributed by atoms with Gasteiger partial charge in [0.25, 0.3) is 0 Å². The van der Waals surface area contributed by atoms with Gasteiger partial charge in [-0.05, 0) is 75.0 Å². The fraction of sp³-hybridized carbons (Fsp3) is 0.900. The smallest absolute Gasteiger partial charge is 0.0653 e. The van der Waals surface area contributed by atoms with E-state index < -0.39 is 5.60 Å². The monoisotopic (exact) mass is 308 g/mol. The summed E-state index contributed by atoms with van der Waals surface area (Å²) in [5.41, 5.74) is 1.36. The molecule has 0 aromatic carbocycles. The number of hydrogen-bond donors (Lipinski definition) is 2. The molecule has 2 N–H and O–H groups in total. The van der Waals surface area contributed by atoms with Crippen LogP contribution in [0.5, 0.6) is 0 Å². The van der Waals surface area contributed by atoms with Gasteiger partial charge in [-0.3, -0.25) is 0 Å². The van der Waals surface area contributed by atoms with E-state index in [0.717, 1.165) is 25.2 Å². The first kappa shape index (κ1) is 18.0. The van der Waals surface area contributed by atoms with Crippen LogP contribution in [0.15, 0.2) is 11.6 Å². The molecule has 0 spiro atoms. The fourth-order valence-electron chi connectivity index (χ4n) is 5.90. The van der Waals surface area contributed by atoms with Crippen LogP contribution in [0, 0.1) is 22.7 Å². The van der Waals surface area contributed by atoms with Crippen LogP contribution in [-0.4, -0.2) is 22.4 Å². The number of fused-ring (bicyclic) bond motifs is 1. The molecular formula is C20H36O2. The zero-order valence-electron chi connectivity index (χ0n) is 15.3. The molecule has 0 aromatic rings. The second kappa shape index (κ2) is 6.28. The van der Waals surface area contributed by atoms with Crippen molar-refractivity contribution in [2.75, 3.05) is 6.61 Å². The molecular weight excluding hydrogens is 272 g/mol. The van der Waals surface area contributed by atoms with Crippen molar-refractivity contribution in [2.24, 2.45) is 22.7 Å². The number of allylic oxidation sites excluding steroid dienone is 1. The van der Waals surface area contributed by atoms with Gasteiger partial charge in [0.05, 0.1) is 12.2 Å². The van der Waals surface area contributed by atoms with E-state index in [0.29, 0.717) is 11.3 Å². The molecule has 2 saturated carbocycles. The maximum atomic E-state index is 11.1. The minimum atomic E-state index is -0.543. The second-order valence-corrected chi connectivity index (χ2v) is 9.12. The molecule has 1 unspecified atom stereocenters. The molecule has 0 bridgehead atoms. The largest absolute Gasteiger partial charge is 0.392 e. The SMILES string of the molecule is C/C(=C\CO)CC[C@@H]1[C@@](C)(O)CCC2C(C)(C)CCC[C@]21C. The Balaban J connectivity index is 2.24. The molecule has 2 nitrogen and oxygen atoms in total. The van der Waals surface area contributed by atoms with Crippen LogP contribution in [0.2, 0.25) is 0 Å². The van der Waals surface area contributed by atoms with Crippen molar-refractivity contribution < 1.29 is 10.2 Å². The first-order valence-corrected chi connectivity index (χ1v) is 9.12. The van der Waals surface area contributed by atoms with Crippen LogP contribution in [0.4, 0.5) is 0 Å². The summed E-state index contributed by atoms with van der Waals surface area (Å²) in [5, 5.41) is 20.1. The van der Waals surface area contributed by atoms with Crippen molar-refractivity contribution in [3.05, 3.63) is 11.6 Å². The lowest BCUT2D eigenvalue weighted by atomic mass is 9.45. The van der Waals surface area contributed by atoms with Gasteiger partial charge in [-0.2, -0.15) is 0 Å². The minimum absolute atomic E-state index is 0.125. The van der Waals surface area contributed by atoms with Gasteiger partial charge in [-0.25, -0.2) is 0 Å². The Labute approximate surface area is 137 Å². The summed E-state index contributed by atoms with van der Waals surface area (Å²) >= 11 is 0. The summed E-state index contributed by atoms with van der Waals surface area (Å²) in [7, 11) is 0. The molecule has 2 rings (SSSR count). The molecule has 0 radical (unpaired) electrons. The topological polar surface area (TPSA) is 40.5 Å². The predicted molar refractivity (Wildman–Crippen MR) is 92.7 cm³/mol. The van der Waals surface area contributed by atoms with E-state index in [1.807, 2.05) is 6.08 Å². The molecule has 0 saturated heterocycles. The molecule has 0 amide bonds. The Morgan fingerprint density at radius 1 is 1.14 bits per heavy atom. The highest BCUT2D eigenvalue weighted by Crippen LogP contribution is 2.62. The minimum Gasteiger partial charge on any atom is -0.392 e. The van der Waals surface area contributed by atoms with Gasteiger partial charge in [0, 0.05) is 0 Å². The van der Waals surface area contributed by atoms with Gasteiger partial charge in [0.15, 0.2) is 0 Å². The average Bonchev–Trinajstić information content (AvgIpc) is 2.36. The second-order valence-electron chi connectivity index (χ2n) is 9.12. The van der Waals surface area contributed by atoms with Crippen molar-refractivity contribution in [1.82, 2.24) is 0 Å². The van der Waals surface area contributed by atoms with Crippen LogP contribution < -0.4 is 0 Å². The fourth-order valence-corrected chi connectivity index (χ4v) is 5.90. The van der Waals surface area contributed by atoms with Crippen molar-refractivity contribution in [1.29, 1.82) is 0 Å². The van der Waals surface area contributed by atoms with Crippen LogP contribution >= 0.6 is 0 Å². The zero-order valence-corrected chi connectivity index (χ0v) is 15.3. The lowest BCUT2D eigenvalue weighted by molar-refractivity contribution is -0.168. The summed E-state index contributed by atoms with van der Waals surface area (Å²) in [4.78, 5) is 0. The Hall–Kier alpha value is -0.340. The van der Waals surface area contributed by atoms with Crippen LogP contribution in [-0.2, 0) is 0 Å². The normalized spacial score (nSPS) is 42.0. The van der Waals surface area contributed by atoms with Gasteiger partial charge < -0.3 is 10.2 Å². The van der Waals surface area contributed by atoms with Gasteiger partial charge in [-0.1, -0.05) is 38.8 Å². The average molecular weight is 309 g/mol. The van der Waals surface area contributed by atoms with Gasteiger partial charge in [0.2, 0.25) is 0 Å². The molecule has 22 heavy (non-hydrogen) atoms. The lowest BCUT2D eigenvalue weighted by Gasteiger charge is -2.61. The number of aliphatic hydroxyl groups excluding tert-OH is 1. The summed E-state index contributed by atoms with van der Waals surface area (Å²) in [5.74, 6) is 1.08. The summed E-state index contributed by atoms with van der Waals surface area (Å²) in [6.07, 6.45) is 9.90. The van der Waals surface area contributed by atoms with Crippen LogP contribution in [0.25, 0.3) is 0 Å². The molecule has 0 aliphatic heterocycles. The summed E-state index contributed by atoms with van der Waals surface area (Å²) in [6.45, 7) is 11.6. The molecule has 4 atom stereocenters. The number of aliphatic hydroxyl groups is 2. The van der Waals surface area contributed by atoms with E-state index in [9.17, 15) is 5.11 Å². The van der Waals surface area contributed by atoms with E-state index in [1.54, 1.807) is 0 Å². The van der Waals surface area contributed by atoms with E-state index >= 15 is 0 Å². The van der Waals surface area contributed by atoms with Crippen LogP contribution in [0.1, 0.15) is 79.6 Å². The van der Waals surface area contributed by atoms with Crippen molar-refractivity contribution >= 4 is 0 Å². The predicted octanol–water partition coefficient (Wildman–Crippen LogP) is 4.70. The Kier molecular flexibility index (Phi) is 5.14. The van der Waals surface area contributed by atoms with E-state index in [2.05, 4.69) is 34.6 Å². The van der Waals surface area contributed by atoms with E-state index in [-0.39, 0.29) is 12.0 Å². The van der Waals surface area contributed by atoms with Crippen LogP contribution in [0.3, 0.4) is 0 Å². The molecule has 2 aliphatic carbocycles. The third kappa shape index (κ3) is 3.28. The summed E-state index contributed by atoms with van der Waals surface area (Å²) < 4.78 is 0. The lowest BCUT2D eigenvalue weighted by Crippen LogP contribution is -2.57. The van der Waals surface area contributed by atoms with Crippen molar-refractivity contribution in [2.45, 2.75) is 85.2 Å². The zero-order chi connectivity index (χ0) is 16.6. The van der Waals surface area contributed by atoms with Crippen molar-refractivity contribution in [3.8, 4) is 0 Å². The van der Waals surface area contributed by atoms with Gasteiger partial charge >= 0.3 is 0 Å². The molecule has 128 valence electrons. The first-order valence-electron chi connectivity index (χ1n) is 9.12. The van der Waals surface area contributed by atoms with E-state index in [1.165, 1.54) is 31.3 Å². The standard InChI is InChI=1S/C20H36O2/c1-15(10-14-21)7-8-17-19(4)12-6-11-18(2,3)16(19)9-13-20(17,5)22/h10,16-17,21-22H,6-9,11-14H2,1-5H3/b15-10+/t16?,17-,19+,20-/m0/s1. The van der Waals surface area contributed by atoms with Gasteiger partial charge in [0.1, 0.15) is 0 Å². The Morgan fingerprint density at radius 2 is 1.82 bits per heavy atom. The number of hydrogen-bond acceptors (Lipinski definition) is 2. The number of rotatable bonds is 4. The summed E-state index contributed by atoms with van der Waals surface area (Å²) in [6, 6.07) is 0. The maximum absolute atomic E-state index is 11.1. The Morgan fingerprint density at radius 3 is 2.45 bits per heavy atom. The maximum Gasteiger partial charge on any atom is 0.0653 e. The third-order valence-corrected chi connectivity index (χ3v) is 7.03. The van der Waals surface area contributed by atoms with E-state index in [4.69, 9.17) is 5.11 Å². The van der Waals surface area contributed by atoms with Crippen molar-refractivity contribution in [3.63, 3.8) is 0 Å². The molecule has 0 aromatic heterocycles. The highest BCUT2D eigenvalue weighted by atomic mass is 16.3.